The summed E-state index contributed by atoms with van der Waals surface area (Å²) in [4.78, 5) is 16.5. The van der Waals surface area contributed by atoms with Gasteiger partial charge < -0.3 is 14.1 Å². The minimum Gasteiger partial charge on any atom is -0.497 e. The molecule has 1 aliphatic rings. The molecule has 0 bridgehead atoms. The van der Waals surface area contributed by atoms with Crippen LogP contribution in [0.25, 0.3) is 0 Å². The van der Waals surface area contributed by atoms with Crippen LogP contribution in [0.2, 0.25) is 0 Å². The molecule has 0 radical (unpaired) electrons. The van der Waals surface area contributed by atoms with E-state index in [2.05, 4.69) is 17.0 Å². The first-order valence-corrected chi connectivity index (χ1v) is 8.44. The van der Waals surface area contributed by atoms with Crippen LogP contribution in [-0.2, 0) is 6.42 Å². The van der Waals surface area contributed by atoms with Gasteiger partial charge in [0.25, 0.3) is 5.91 Å². The summed E-state index contributed by atoms with van der Waals surface area (Å²) in [5.74, 6) is 1.33. The lowest BCUT2D eigenvalue weighted by Gasteiger charge is -2.34. The molecular formula is C19H24N2O3. The van der Waals surface area contributed by atoms with Gasteiger partial charge in [0.05, 0.1) is 13.4 Å². The highest BCUT2D eigenvalue weighted by atomic mass is 16.5. The Balaban J connectivity index is 1.38. The summed E-state index contributed by atoms with van der Waals surface area (Å²) < 4.78 is 10.4. The van der Waals surface area contributed by atoms with Crippen LogP contribution < -0.4 is 4.74 Å². The molecule has 1 aliphatic heterocycles. The minimum atomic E-state index is -0.00196. The summed E-state index contributed by atoms with van der Waals surface area (Å²) >= 11 is 0. The maximum atomic E-state index is 12.2. The van der Waals surface area contributed by atoms with Crippen molar-refractivity contribution in [2.75, 3.05) is 39.8 Å². The van der Waals surface area contributed by atoms with E-state index >= 15 is 0 Å². The first kappa shape index (κ1) is 16.6. The lowest BCUT2D eigenvalue weighted by Crippen LogP contribution is -2.48. The van der Waals surface area contributed by atoms with Gasteiger partial charge in [0, 0.05) is 26.2 Å². The van der Waals surface area contributed by atoms with Crippen LogP contribution in [0, 0.1) is 0 Å². The Morgan fingerprint density at radius 1 is 1.12 bits per heavy atom. The number of methoxy groups -OCH3 is 1. The van der Waals surface area contributed by atoms with Gasteiger partial charge in [-0.25, -0.2) is 0 Å². The predicted octanol–water partition coefficient (Wildman–Crippen LogP) is 2.68. The Hall–Kier alpha value is -2.27. The van der Waals surface area contributed by atoms with Gasteiger partial charge in [-0.15, -0.1) is 0 Å². The molecule has 0 N–H and O–H groups in total. The van der Waals surface area contributed by atoms with Crippen molar-refractivity contribution in [1.29, 1.82) is 0 Å². The summed E-state index contributed by atoms with van der Waals surface area (Å²) in [7, 11) is 1.69. The zero-order valence-electron chi connectivity index (χ0n) is 14.1. The molecule has 0 aliphatic carbocycles. The summed E-state index contributed by atoms with van der Waals surface area (Å²) in [6, 6.07) is 11.7. The second-order valence-electron chi connectivity index (χ2n) is 6.06. The van der Waals surface area contributed by atoms with E-state index in [4.69, 9.17) is 9.15 Å². The van der Waals surface area contributed by atoms with Crippen LogP contribution in [0.3, 0.4) is 0 Å². The second kappa shape index (κ2) is 8.02. The molecule has 1 saturated heterocycles. The van der Waals surface area contributed by atoms with E-state index in [0.717, 1.165) is 51.3 Å². The largest absolute Gasteiger partial charge is 0.497 e. The molecule has 1 fully saturated rings. The molecule has 128 valence electrons. The summed E-state index contributed by atoms with van der Waals surface area (Å²) in [5.41, 5.74) is 1.34. The van der Waals surface area contributed by atoms with E-state index < -0.39 is 0 Å². The molecule has 2 heterocycles. The van der Waals surface area contributed by atoms with E-state index in [9.17, 15) is 4.79 Å². The number of piperazine rings is 1. The van der Waals surface area contributed by atoms with Crippen LogP contribution in [0.1, 0.15) is 22.5 Å². The number of nitrogens with zero attached hydrogens (tertiary/aromatic N) is 2. The van der Waals surface area contributed by atoms with Gasteiger partial charge in [0.1, 0.15) is 5.75 Å². The Morgan fingerprint density at radius 3 is 2.50 bits per heavy atom. The van der Waals surface area contributed by atoms with Gasteiger partial charge in [0.2, 0.25) is 0 Å². The van der Waals surface area contributed by atoms with E-state index in [1.807, 2.05) is 17.0 Å². The predicted molar refractivity (Wildman–Crippen MR) is 92.4 cm³/mol. The lowest BCUT2D eigenvalue weighted by molar-refractivity contribution is 0.0605. The second-order valence-corrected chi connectivity index (χ2v) is 6.06. The van der Waals surface area contributed by atoms with Crippen molar-refractivity contribution in [3.8, 4) is 5.75 Å². The van der Waals surface area contributed by atoms with Crippen LogP contribution in [0.4, 0.5) is 0 Å². The van der Waals surface area contributed by atoms with Gasteiger partial charge in [0.15, 0.2) is 5.76 Å². The number of hydrogen-bond acceptors (Lipinski definition) is 4. The zero-order valence-corrected chi connectivity index (χ0v) is 14.1. The average Bonchev–Trinajstić information content (AvgIpc) is 3.17. The third-order valence-corrected chi connectivity index (χ3v) is 4.49. The smallest absolute Gasteiger partial charge is 0.289 e. The van der Waals surface area contributed by atoms with Gasteiger partial charge in [-0.3, -0.25) is 9.69 Å². The van der Waals surface area contributed by atoms with Crippen LogP contribution in [0.5, 0.6) is 5.75 Å². The molecule has 0 atom stereocenters. The molecule has 1 aromatic carbocycles. The monoisotopic (exact) mass is 328 g/mol. The number of ether oxygens (including phenoxy) is 1. The third-order valence-electron chi connectivity index (χ3n) is 4.49. The average molecular weight is 328 g/mol. The fourth-order valence-electron chi connectivity index (χ4n) is 3.03. The van der Waals surface area contributed by atoms with Crippen LogP contribution in [0.15, 0.2) is 47.1 Å². The molecule has 0 spiro atoms. The van der Waals surface area contributed by atoms with Crippen molar-refractivity contribution in [1.82, 2.24) is 9.80 Å². The molecule has 1 aromatic heterocycles. The van der Waals surface area contributed by atoms with Crippen LogP contribution in [-0.4, -0.2) is 55.5 Å². The number of amides is 1. The van der Waals surface area contributed by atoms with Crippen molar-refractivity contribution in [3.63, 3.8) is 0 Å². The van der Waals surface area contributed by atoms with E-state index in [-0.39, 0.29) is 5.91 Å². The molecule has 0 saturated carbocycles. The minimum absolute atomic E-state index is 0.00196. The maximum absolute atomic E-state index is 12.2. The molecule has 5 nitrogen and oxygen atoms in total. The molecule has 5 heteroatoms. The summed E-state index contributed by atoms with van der Waals surface area (Å²) in [5, 5.41) is 0. The number of carbonyl (C=O) groups excluding carboxylic acids is 1. The number of carbonyl (C=O) groups is 1. The molecule has 0 unspecified atom stereocenters. The Kier molecular flexibility index (Phi) is 5.54. The first-order valence-electron chi connectivity index (χ1n) is 8.44. The molecule has 24 heavy (non-hydrogen) atoms. The summed E-state index contributed by atoms with van der Waals surface area (Å²) in [6.45, 7) is 4.45. The Bertz CT molecular complexity index is 629. The maximum Gasteiger partial charge on any atom is 0.289 e. The third kappa shape index (κ3) is 4.17. The van der Waals surface area contributed by atoms with Crippen molar-refractivity contribution < 1.29 is 13.9 Å². The highest BCUT2D eigenvalue weighted by Crippen LogP contribution is 2.14. The number of furan rings is 1. The molecule has 2 aromatic rings. The normalized spacial score (nSPS) is 15.5. The summed E-state index contributed by atoms with van der Waals surface area (Å²) in [6.07, 6.45) is 3.73. The lowest BCUT2D eigenvalue weighted by atomic mass is 10.1. The van der Waals surface area contributed by atoms with E-state index in [1.54, 1.807) is 25.5 Å². The Labute approximate surface area is 142 Å². The molecular weight excluding hydrogens is 304 g/mol. The first-order chi connectivity index (χ1) is 11.8. The van der Waals surface area contributed by atoms with E-state index in [1.165, 1.54) is 5.56 Å². The van der Waals surface area contributed by atoms with Crippen LogP contribution >= 0.6 is 0 Å². The van der Waals surface area contributed by atoms with E-state index in [0.29, 0.717) is 5.76 Å². The van der Waals surface area contributed by atoms with Gasteiger partial charge in [-0.1, -0.05) is 12.1 Å². The van der Waals surface area contributed by atoms with Gasteiger partial charge in [-0.05, 0) is 49.2 Å². The van der Waals surface area contributed by atoms with Crippen molar-refractivity contribution in [2.45, 2.75) is 12.8 Å². The highest BCUT2D eigenvalue weighted by Gasteiger charge is 2.23. The van der Waals surface area contributed by atoms with Gasteiger partial charge >= 0.3 is 0 Å². The standard InChI is InChI=1S/C19H24N2O3/c1-23-17-8-6-16(7-9-17)4-2-10-20-11-13-21(14-12-20)19(22)18-5-3-15-24-18/h3,5-9,15H,2,4,10-14H2,1H3. The number of aryl methyl sites for hydroxylation is 1. The van der Waals surface area contributed by atoms with Gasteiger partial charge in [-0.2, -0.15) is 0 Å². The van der Waals surface area contributed by atoms with Crippen molar-refractivity contribution >= 4 is 5.91 Å². The zero-order chi connectivity index (χ0) is 16.8. The quantitative estimate of drug-likeness (QED) is 0.818. The highest BCUT2D eigenvalue weighted by molar-refractivity contribution is 5.91. The molecule has 3 rings (SSSR count). The Morgan fingerprint density at radius 2 is 1.88 bits per heavy atom. The van der Waals surface area contributed by atoms with Crippen molar-refractivity contribution in [3.05, 3.63) is 54.0 Å². The number of hydrogen-bond donors (Lipinski definition) is 0. The SMILES string of the molecule is COc1ccc(CCCN2CCN(C(=O)c3ccco3)CC2)cc1. The van der Waals surface area contributed by atoms with Crippen molar-refractivity contribution in [2.24, 2.45) is 0 Å². The topological polar surface area (TPSA) is 45.9 Å². The number of rotatable bonds is 6. The molecule has 1 amide bonds. The fourth-order valence-corrected chi connectivity index (χ4v) is 3.03. The number of benzene rings is 1. The fraction of sp³-hybridized carbons (Fsp3) is 0.421.